The summed E-state index contributed by atoms with van der Waals surface area (Å²) in [4.78, 5) is 50.3. The van der Waals surface area contributed by atoms with Gasteiger partial charge in [0.25, 0.3) is 17.1 Å². The second-order valence-electron chi connectivity index (χ2n) is 7.76. The minimum atomic E-state index is -0.661. The number of benzene rings is 2. The molecule has 11 heteroatoms. The average molecular weight is 577 g/mol. The van der Waals surface area contributed by atoms with Gasteiger partial charge in [0.15, 0.2) is 18.1 Å². The fraction of sp³-hybridized carbons (Fsp3) is 0.280. The highest BCUT2D eigenvalue weighted by atomic mass is 79.9. The van der Waals surface area contributed by atoms with Gasteiger partial charge in [-0.2, -0.15) is 0 Å². The number of anilines is 1. The van der Waals surface area contributed by atoms with E-state index < -0.39 is 23.7 Å². The molecule has 1 aliphatic heterocycles. The van der Waals surface area contributed by atoms with Crippen LogP contribution in [0.1, 0.15) is 26.3 Å². The van der Waals surface area contributed by atoms with Crippen LogP contribution in [-0.2, 0) is 19.1 Å². The van der Waals surface area contributed by atoms with E-state index in [1.807, 2.05) is 18.2 Å². The molecule has 0 bridgehead atoms. The first-order chi connectivity index (χ1) is 17.2. The monoisotopic (exact) mass is 576 g/mol. The van der Waals surface area contributed by atoms with Crippen molar-refractivity contribution < 1.29 is 33.4 Å². The van der Waals surface area contributed by atoms with Crippen molar-refractivity contribution >= 4 is 62.5 Å². The van der Waals surface area contributed by atoms with Crippen LogP contribution >= 0.6 is 27.7 Å². The largest absolute Gasteiger partial charge is 0.490 e. The summed E-state index contributed by atoms with van der Waals surface area (Å²) in [6.07, 6.45) is 1.17. The molecule has 1 heterocycles. The Labute approximate surface area is 221 Å². The van der Waals surface area contributed by atoms with Crippen LogP contribution in [0.15, 0.2) is 51.8 Å². The lowest BCUT2D eigenvalue weighted by atomic mass is 10.1. The van der Waals surface area contributed by atoms with E-state index in [2.05, 4.69) is 21.2 Å². The Morgan fingerprint density at radius 2 is 1.81 bits per heavy atom. The molecule has 1 aliphatic rings. The van der Waals surface area contributed by atoms with Crippen LogP contribution in [0.2, 0.25) is 0 Å². The molecular weight excluding hydrogens is 552 g/mol. The van der Waals surface area contributed by atoms with E-state index in [-0.39, 0.29) is 23.5 Å². The average Bonchev–Trinajstić information content (AvgIpc) is 3.07. The number of nitrogens with zero attached hydrogens (tertiary/aromatic N) is 1. The molecule has 190 valence electrons. The number of carbonyl (C=O) groups is 4. The Hall–Kier alpha value is -3.31. The van der Waals surface area contributed by atoms with Crippen LogP contribution in [0.25, 0.3) is 6.08 Å². The highest BCUT2D eigenvalue weighted by Crippen LogP contribution is 2.38. The smallest absolute Gasteiger partial charge is 0.326 e. The molecule has 2 aromatic carbocycles. The summed E-state index contributed by atoms with van der Waals surface area (Å²) in [6, 6.07) is 12.3. The number of imide groups is 1. The van der Waals surface area contributed by atoms with Crippen molar-refractivity contribution in [3.8, 4) is 11.5 Å². The molecule has 3 amide bonds. The van der Waals surface area contributed by atoms with Crippen LogP contribution in [0.4, 0.5) is 10.5 Å². The van der Waals surface area contributed by atoms with Crippen molar-refractivity contribution in [1.82, 2.24) is 4.90 Å². The number of ether oxygens (including phenoxy) is 3. The Balaban J connectivity index is 1.74. The lowest BCUT2D eigenvalue weighted by Gasteiger charge is -2.14. The first-order valence-corrected chi connectivity index (χ1v) is 12.7. The SMILES string of the molecule is CCOc1cc(/C=C2/SC(=O)N(CC(=O)OC(C)C)C2=O)c(Br)cc1OCC(=O)Nc1ccccc1. The van der Waals surface area contributed by atoms with Crippen LogP contribution in [0.5, 0.6) is 11.5 Å². The second kappa shape index (κ2) is 12.6. The third-order valence-electron chi connectivity index (χ3n) is 4.59. The number of carbonyl (C=O) groups excluding carboxylic acids is 4. The van der Waals surface area contributed by atoms with Crippen molar-refractivity contribution in [3.63, 3.8) is 0 Å². The molecule has 2 aromatic rings. The molecule has 1 N–H and O–H groups in total. The van der Waals surface area contributed by atoms with Crippen LogP contribution in [-0.4, -0.2) is 53.8 Å². The zero-order valence-corrected chi connectivity index (χ0v) is 22.3. The van der Waals surface area contributed by atoms with Gasteiger partial charge in [0.05, 0.1) is 17.6 Å². The normalized spacial score (nSPS) is 14.4. The fourth-order valence-corrected chi connectivity index (χ4v) is 4.38. The Morgan fingerprint density at radius 1 is 1.11 bits per heavy atom. The summed E-state index contributed by atoms with van der Waals surface area (Å²) < 4.78 is 16.9. The third-order valence-corrected chi connectivity index (χ3v) is 6.19. The van der Waals surface area contributed by atoms with E-state index in [0.717, 1.165) is 16.7 Å². The number of rotatable bonds is 10. The van der Waals surface area contributed by atoms with Crippen molar-refractivity contribution in [3.05, 3.63) is 57.4 Å². The second-order valence-corrected chi connectivity index (χ2v) is 9.61. The van der Waals surface area contributed by atoms with Crippen LogP contribution in [0.3, 0.4) is 0 Å². The maximum absolute atomic E-state index is 12.8. The topological polar surface area (TPSA) is 111 Å². The maximum atomic E-state index is 12.8. The van der Waals surface area contributed by atoms with E-state index >= 15 is 0 Å². The van der Waals surface area contributed by atoms with Crippen molar-refractivity contribution in [2.24, 2.45) is 0 Å². The molecule has 0 unspecified atom stereocenters. The van der Waals surface area contributed by atoms with Crippen molar-refractivity contribution in [2.45, 2.75) is 26.9 Å². The predicted octanol–water partition coefficient (Wildman–Crippen LogP) is 4.85. The molecule has 0 radical (unpaired) electrons. The standard InChI is InChI=1S/C25H25BrN2O7S/c1-4-33-19-10-16(11-21-24(31)28(25(32)36-21)13-23(30)35-15(2)3)18(26)12-20(19)34-14-22(29)27-17-8-6-5-7-9-17/h5-12,15H,4,13-14H2,1-3H3,(H,27,29)/b21-11+. The summed E-state index contributed by atoms with van der Waals surface area (Å²) >= 11 is 4.17. The Bertz CT molecular complexity index is 1180. The van der Waals surface area contributed by atoms with E-state index in [4.69, 9.17) is 14.2 Å². The van der Waals surface area contributed by atoms with Gasteiger partial charge in [-0.15, -0.1) is 0 Å². The summed E-state index contributed by atoms with van der Waals surface area (Å²) in [5.41, 5.74) is 1.20. The van der Waals surface area contributed by atoms with Gasteiger partial charge in [-0.05, 0) is 68.4 Å². The molecule has 1 saturated heterocycles. The van der Waals surface area contributed by atoms with Gasteiger partial charge in [0.1, 0.15) is 6.54 Å². The molecule has 1 fully saturated rings. The van der Waals surface area contributed by atoms with Gasteiger partial charge < -0.3 is 19.5 Å². The number of para-hydroxylation sites is 1. The summed E-state index contributed by atoms with van der Waals surface area (Å²) in [5.74, 6) is -0.902. The lowest BCUT2D eigenvalue weighted by molar-refractivity contribution is -0.149. The molecule has 0 saturated carbocycles. The number of nitrogens with one attached hydrogen (secondary N) is 1. The fourth-order valence-electron chi connectivity index (χ4n) is 3.11. The van der Waals surface area contributed by atoms with Crippen molar-refractivity contribution in [2.75, 3.05) is 25.1 Å². The van der Waals surface area contributed by atoms with E-state index in [0.29, 0.717) is 33.8 Å². The maximum Gasteiger partial charge on any atom is 0.326 e. The summed E-state index contributed by atoms with van der Waals surface area (Å²) in [6.45, 7) is 4.80. The number of hydrogen-bond donors (Lipinski definition) is 1. The van der Waals surface area contributed by atoms with Gasteiger partial charge >= 0.3 is 5.97 Å². The predicted molar refractivity (Wildman–Crippen MR) is 140 cm³/mol. The zero-order valence-electron chi connectivity index (χ0n) is 19.9. The zero-order chi connectivity index (χ0) is 26.2. The molecule has 36 heavy (non-hydrogen) atoms. The third kappa shape index (κ3) is 7.34. The molecular formula is C25H25BrN2O7S. The molecule has 0 aromatic heterocycles. The number of halogens is 1. The number of esters is 1. The van der Waals surface area contributed by atoms with Crippen molar-refractivity contribution in [1.29, 1.82) is 0 Å². The van der Waals surface area contributed by atoms with E-state index in [1.54, 1.807) is 45.0 Å². The van der Waals surface area contributed by atoms with Crippen LogP contribution < -0.4 is 14.8 Å². The molecule has 3 rings (SSSR count). The molecule has 0 aliphatic carbocycles. The summed E-state index contributed by atoms with van der Waals surface area (Å²) in [7, 11) is 0. The highest BCUT2D eigenvalue weighted by Gasteiger charge is 2.37. The lowest BCUT2D eigenvalue weighted by Crippen LogP contribution is -2.35. The van der Waals surface area contributed by atoms with Gasteiger partial charge in [0, 0.05) is 10.2 Å². The molecule has 0 atom stereocenters. The van der Waals surface area contributed by atoms with E-state index in [1.165, 1.54) is 6.08 Å². The first kappa shape index (κ1) is 27.3. The van der Waals surface area contributed by atoms with Gasteiger partial charge in [0.2, 0.25) is 0 Å². The molecule has 9 nitrogen and oxygen atoms in total. The Morgan fingerprint density at radius 3 is 2.47 bits per heavy atom. The highest BCUT2D eigenvalue weighted by molar-refractivity contribution is 9.10. The van der Waals surface area contributed by atoms with Gasteiger partial charge in [-0.25, -0.2) is 0 Å². The number of amides is 3. The van der Waals surface area contributed by atoms with Gasteiger partial charge in [-0.3, -0.25) is 24.1 Å². The molecule has 0 spiro atoms. The van der Waals surface area contributed by atoms with E-state index in [9.17, 15) is 19.2 Å². The minimum Gasteiger partial charge on any atom is -0.490 e. The number of thioether (sulfide) groups is 1. The van der Waals surface area contributed by atoms with Gasteiger partial charge in [-0.1, -0.05) is 34.1 Å². The minimum absolute atomic E-state index is 0.149. The number of hydrogen-bond acceptors (Lipinski definition) is 8. The van der Waals surface area contributed by atoms with Crippen LogP contribution in [0, 0.1) is 0 Å². The first-order valence-electron chi connectivity index (χ1n) is 11.1. The quantitative estimate of drug-likeness (QED) is 0.315. The summed E-state index contributed by atoms with van der Waals surface area (Å²) in [5, 5.41) is 2.18. The Kier molecular flexibility index (Phi) is 9.54.